The van der Waals surface area contributed by atoms with Crippen molar-refractivity contribution in [3.05, 3.63) is 44.9 Å². The average molecular weight is 419 g/mol. The maximum absolute atomic E-state index is 12.6. The summed E-state index contributed by atoms with van der Waals surface area (Å²) in [7, 11) is 0. The van der Waals surface area contributed by atoms with Crippen LogP contribution in [0.3, 0.4) is 0 Å². The summed E-state index contributed by atoms with van der Waals surface area (Å²) in [6.07, 6.45) is 4.92. The van der Waals surface area contributed by atoms with E-state index >= 15 is 0 Å². The molecule has 0 unspecified atom stereocenters. The molecular formula is C17H15BrN4O4. The Hall–Kier alpha value is -2.55. The molecule has 9 heteroatoms. The number of rotatable bonds is 3. The number of halogens is 1. The Morgan fingerprint density at radius 1 is 1.08 bits per heavy atom. The first kappa shape index (κ1) is 16.9. The van der Waals surface area contributed by atoms with Crippen LogP contribution in [0.1, 0.15) is 31.4 Å². The maximum atomic E-state index is 12.6. The summed E-state index contributed by atoms with van der Waals surface area (Å²) < 4.78 is 2.08. The van der Waals surface area contributed by atoms with E-state index in [0.717, 1.165) is 40.0 Å². The van der Waals surface area contributed by atoms with E-state index in [0.29, 0.717) is 5.65 Å². The van der Waals surface area contributed by atoms with Crippen molar-refractivity contribution in [2.24, 2.45) is 0 Å². The van der Waals surface area contributed by atoms with Crippen LogP contribution in [0.2, 0.25) is 0 Å². The molecule has 3 heterocycles. The molecule has 134 valence electrons. The van der Waals surface area contributed by atoms with Crippen LogP contribution in [-0.4, -0.2) is 43.1 Å². The van der Waals surface area contributed by atoms with Gasteiger partial charge in [0.15, 0.2) is 0 Å². The number of urea groups is 1. The number of carbonyl (C=O) groups is 3. The van der Waals surface area contributed by atoms with Crippen LogP contribution in [0.25, 0.3) is 5.65 Å². The summed E-state index contributed by atoms with van der Waals surface area (Å²) in [6, 6.07) is 3.82. The fourth-order valence-corrected chi connectivity index (χ4v) is 3.85. The van der Waals surface area contributed by atoms with Gasteiger partial charge in [-0.1, -0.05) is 12.8 Å². The minimum absolute atomic E-state index is 0.200. The molecule has 8 nitrogen and oxygen atoms in total. The van der Waals surface area contributed by atoms with Crippen LogP contribution in [0.15, 0.2) is 33.7 Å². The molecule has 4 rings (SSSR count). The van der Waals surface area contributed by atoms with Crippen molar-refractivity contribution in [1.82, 2.24) is 19.2 Å². The number of fused-ring (bicyclic) bond motifs is 1. The molecule has 1 aliphatic heterocycles. The maximum Gasteiger partial charge on any atom is 0.334 e. The third-order valence-electron chi connectivity index (χ3n) is 4.77. The predicted octanol–water partition coefficient (Wildman–Crippen LogP) is 1.69. The molecule has 0 N–H and O–H groups in total. The van der Waals surface area contributed by atoms with E-state index in [1.165, 1.54) is 10.5 Å². The zero-order valence-electron chi connectivity index (χ0n) is 13.7. The lowest BCUT2D eigenvalue weighted by Crippen LogP contribution is -2.39. The van der Waals surface area contributed by atoms with Crippen LogP contribution in [0.5, 0.6) is 0 Å². The Morgan fingerprint density at radius 3 is 2.54 bits per heavy atom. The number of aromatic nitrogens is 2. The molecule has 0 radical (unpaired) electrons. The monoisotopic (exact) mass is 418 g/mol. The summed E-state index contributed by atoms with van der Waals surface area (Å²) >= 11 is 3.29. The van der Waals surface area contributed by atoms with E-state index in [2.05, 4.69) is 20.9 Å². The van der Waals surface area contributed by atoms with Crippen LogP contribution < -0.4 is 5.56 Å². The summed E-state index contributed by atoms with van der Waals surface area (Å²) in [5.74, 6) is -1.65. The van der Waals surface area contributed by atoms with Crippen LogP contribution in [-0.2, 0) is 16.1 Å². The second kappa shape index (κ2) is 6.31. The number of hydrogen-bond acceptors (Lipinski definition) is 5. The highest BCUT2D eigenvalue weighted by Crippen LogP contribution is 2.28. The molecule has 2 aromatic rings. The van der Waals surface area contributed by atoms with Crippen molar-refractivity contribution >= 4 is 39.4 Å². The molecular weight excluding hydrogens is 404 g/mol. The molecule has 1 aliphatic carbocycles. The van der Waals surface area contributed by atoms with Gasteiger partial charge in [0.2, 0.25) is 0 Å². The molecule has 0 atom stereocenters. The average Bonchev–Trinajstić information content (AvgIpc) is 3.19. The first-order valence-electron chi connectivity index (χ1n) is 8.32. The Bertz CT molecular complexity index is 996. The van der Waals surface area contributed by atoms with E-state index in [4.69, 9.17) is 0 Å². The van der Waals surface area contributed by atoms with Crippen LogP contribution in [0, 0.1) is 0 Å². The SMILES string of the molecule is O=C1C(=O)N(C2CCCC2)C(=O)N1Cc1cc(=O)n2cc(Br)ccc2n1. The summed E-state index contributed by atoms with van der Waals surface area (Å²) in [5.41, 5.74) is 0.332. The Morgan fingerprint density at radius 2 is 1.81 bits per heavy atom. The first-order valence-corrected chi connectivity index (χ1v) is 9.12. The van der Waals surface area contributed by atoms with Gasteiger partial charge in [-0.05, 0) is 40.9 Å². The van der Waals surface area contributed by atoms with Crippen molar-refractivity contribution < 1.29 is 14.4 Å². The second-order valence-corrected chi connectivity index (χ2v) is 7.36. The molecule has 4 amide bonds. The highest BCUT2D eigenvalue weighted by Gasteiger charge is 2.48. The van der Waals surface area contributed by atoms with Gasteiger partial charge >= 0.3 is 17.8 Å². The molecule has 0 bridgehead atoms. The van der Waals surface area contributed by atoms with Gasteiger partial charge in [-0.15, -0.1) is 0 Å². The van der Waals surface area contributed by atoms with Gasteiger partial charge in [-0.3, -0.25) is 23.7 Å². The van der Waals surface area contributed by atoms with Crippen molar-refractivity contribution in [3.63, 3.8) is 0 Å². The van der Waals surface area contributed by atoms with E-state index < -0.39 is 17.8 Å². The number of pyridine rings is 1. The second-order valence-electron chi connectivity index (χ2n) is 6.45. The molecule has 0 spiro atoms. The lowest BCUT2D eigenvalue weighted by Gasteiger charge is -2.20. The molecule has 0 aromatic carbocycles. The van der Waals surface area contributed by atoms with Gasteiger partial charge in [0, 0.05) is 22.8 Å². The number of nitrogens with zero attached hydrogens (tertiary/aromatic N) is 4. The van der Waals surface area contributed by atoms with Crippen molar-refractivity contribution in [2.45, 2.75) is 38.3 Å². The number of amides is 4. The Labute approximate surface area is 156 Å². The summed E-state index contributed by atoms with van der Waals surface area (Å²) in [4.78, 5) is 55.7. The molecule has 2 aromatic heterocycles. The van der Waals surface area contributed by atoms with Gasteiger partial charge < -0.3 is 0 Å². The zero-order valence-corrected chi connectivity index (χ0v) is 15.3. The van der Waals surface area contributed by atoms with Gasteiger partial charge in [0.25, 0.3) is 5.56 Å². The normalized spacial score (nSPS) is 18.6. The first-order chi connectivity index (χ1) is 12.5. The predicted molar refractivity (Wildman–Crippen MR) is 94.2 cm³/mol. The van der Waals surface area contributed by atoms with Gasteiger partial charge in [-0.2, -0.15) is 0 Å². The fraction of sp³-hybridized carbons (Fsp3) is 0.353. The zero-order chi connectivity index (χ0) is 18.4. The lowest BCUT2D eigenvalue weighted by atomic mass is 10.2. The number of hydrogen-bond donors (Lipinski definition) is 0. The Kier molecular flexibility index (Phi) is 4.10. The van der Waals surface area contributed by atoms with Crippen LogP contribution >= 0.6 is 15.9 Å². The van der Waals surface area contributed by atoms with E-state index in [1.54, 1.807) is 18.3 Å². The quantitative estimate of drug-likeness (QED) is 0.558. The largest absolute Gasteiger partial charge is 0.334 e. The standard InChI is InChI=1S/C17H15BrN4O4/c18-10-5-6-13-19-11(7-14(23)20(13)8-10)9-21-15(24)16(25)22(17(21)26)12-3-1-2-4-12/h5-8,12H,1-4,9H2. The molecule has 1 saturated carbocycles. The van der Waals surface area contributed by atoms with E-state index in [9.17, 15) is 19.2 Å². The smallest absolute Gasteiger partial charge is 0.269 e. The minimum Gasteiger partial charge on any atom is -0.269 e. The summed E-state index contributed by atoms with van der Waals surface area (Å²) in [6.45, 7) is -0.200. The van der Waals surface area contributed by atoms with Crippen molar-refractivity contribution in [1.29, 1.82) is 0 Å². The van der Waals surface area contributed by atoms with E-state index in [1.807, 2.05) is 0 Å². The lowest BCUT2D eigenvalue weighted by molar-refractivity contribution is -0.144. The highest BCUT2D eigenvalue weighted by molar-refractivity contribution is 9.10. The third-order valence-corrected chi connectivity index (χ3v) is 5.24. The third kappa shape index (κ3) is 2.72. The fourth-order valence-electron chi connectivity index (χ4n) is 3.52. The van der Waals surface area contributed by atoms with Crippen molar-refractivity contribution in [2.75, 3.05) is 0 Å². The Balaban J connectivity index is 1.64. The molecule has 26 heavy (non-hydrogen) atoms. The van der Waals surface area contributed by atoms with Crippen molar-refractivity contribution in [3.8, 4) is 0 Å². The van der Waals surface area contributed by atoms with Gasteiger partial charge in [-0.25, -0.2) is 14.7 Å². The van der Waals surface area contributed by atoms with Gasteiger partial charge in [0.05, 0.1) is 12.2 Å². The molecule has 2 aliphatic rings. The highest BCUT2D eigenvalue weighted by atomic mass is 79.9. The molecule has 2 fully saturated rings. The van der Waals surface area contributed by atoms with Crippen LogP contribution in [0.4, 0.5) is 4.79 Å². The topological polar surface area (TPSA) is 92.1 Å². The number of carbonyl (C=O) groups excluding carboxylic acids is 3. The minimum atomic E-state index is -0.861. The van der Waals surface area contributed by atoms with E-state index in [-0.39, 0.29) is 23.8 Å². The molecule has 1 saturated heterocycles. The summed E-state index contributed by atoms with van der Waals surface area (Å²) in [5, 5.41) is 0. The number of imide groups is 2. The van der Waals surface area contributed by atoms with Gasteiger partial charge in [0.1, 0.15) is 5.65 Å².